The van der Waals surface area contributed by atoms with E-state index in [4.69, 9.17) is 0 Å². The third-order valence-corrected chi connectivity index (χ3v) is 3.15. The summed E-state index contributed by atoms with van der Waals surface area (Å²) < 4.78 is 0.536. The van der Waals surface area contributed by atoms with Gasteiger partial charge in [0, 0.05) is 11.3 Å². The van der Waals surface area contributed by atoms with Gasteiger partial charge in [-0.15, -0.1) is 0 Å². The lowest BCUT2D eigenvalue weighted by molar-refractivity contribution is 0.918. The van der Waals surface area contributed by atoms with E-state index < -0.39 is 0 Å². The lowest BCUT2D eigenvalue weighted by Gasteiger charge is -2.12. The highest BCUT2D eigenvalue weighted by molar-refractivity contribution is 9.10. The molecule has 12 heavy (non-hydrogen) atoms. The molecule has 1 aliphatic rings. The van der Waals surface area contributed by atoms with Crippen LogP contribution < -0.4 is 5.56 Å². The molecule has 0 bridgehead atoms. The third-order valence-electron chi connectivity index (χ3n) is 1.81. The van der Waals surface area contributed by atoms with Gasteiger partial charge in [0.15, 0.2) is 4.73 Å². The van der Waals surface area contributed by atoms with Crippen molar-refractivity contribution in [3.63, 3.8) is 0 Å². The van der Waals surface area contributed by atoms with Crippen molar-refractivity contribution < 1.29 is 0 Å². The van der Waals surface area contributed by atoms with Crippen LogP contribution in [0.15, 0.2) is 9.53 Å². The summed E-state index contributed by atoms with van der Waals surface area (Å²) in [6.07, 6.45) is 0.843. The van der Waals surface area contributed by atoms with Crippen molar-refractivity contribution in [2.75, 3.05) is 5.75 Å². The summed E-state index contributed by atoms with van der Waals surface area (Å²) in [5, 5.41) is 0. The highest BCUT2D eigenvalue weighted by Crippen LogP contribution is 2.20. The molecule has 2 heterocycles. The van der Waals surface area contributed by atoms with Crippen LogP contribution in [0.3, 0.4) is 0 Å². The van der Waals surface area contributed by atoms with E-state index in [1.54, 1.807) is 0 Å². The number of thioether (sulfide) groups is 1. The van der Waals surface area contributed by atoms with Gasteiger partial charge in [0.1, 0.15) is 0 Å². The SMILES string of the molecule is O=c1[nH]c(Br)nc2c1CCSC2. The number of fused-ring (bicyclic) bond motifs is 1. The number of hydrogen-bond donors (Lipinski definition) is 1. The summed E-state index contributed by atoms with van der Waals surface area (Å²) in [4.78, 5) is 18.2. The van der Waals surface area contributed by atoms with Crippen molar-refractivity contribution in [1.29, 1.82) is 0 Å². The van der Waals surface area contributed by atoms with Crippen LogP contribution in [0.25, 0.3) is 0 Å². The highest BCUT2D eigenvalue weighted by atomic mass is 79.9. The van der Waals surface area contributed by atoms with Crippen molar-refractivity contribution in [2.24, 2.45) is 0 Å². The van der Waals surface area contributed by atoms with E-state index in [-0.39, 0.29) is 5.56 Å². The molecule has 0 fully saturated rings. The van der Waals surface area contributed by atoms with Gasteiger partial charge in [0.25, 0.3) is 5.56 Å². The predicted octanol–water partition coefficient (Wildman–Crippen LogP) is 1.32. The van der Waals surface area contributed by atoms with Crippen molar-refractivity contribution in [1.82, 2.24) is 9.97 Å². The van der Waals surface area contributed by atoms with Crippen molar-refractivity contribution in [3.8, 4) is 0 Å². The van der Waals surface area contributed by atoms with Crippen molar-refractivity contribution in [3.05, 3.63) is 26.3 Å². The lowest BCUT2D eigenvalue weighted by Crippen LogP contribution is -2.20. The molecule has 64 valence electrons. The molecule has 5 heteroatoms. The van der Waals surface area contributed by atoms with E-state index in [9.17, 15) is 4.79 Å². The zero-order valence-electron chi connectivity index (χ0n) is 6.26. The fraction of sp³-hybridized carbons (Fsp3) is 0.429. The number of hydrogen-bond acceptors (Lipinski definition) is 3. The molecule has 0 atom stereocenters. The van der Waals surface area contributed by atoms with Gasteiger partial charge in [-0.25, -0.2) is 4.98 Å². The molecule has 0 unspecified atom stereocenters. The molecule has 0 aromatic carbocycles. The second kappa shape index (κ2) is 3.22. The van der Waals surface area contributed by atoms with Crippen LogP contribution in [-0.2, 0) is 12.2 Å². The number of rotatable bonds is 0. The Morgan fingerprint density at radius 1 is 1.58 bits per heavy atom. The minimum atomic E-state index is 0.00664. The van der Waals surface area contributed by atoms with E-state index >= 15 is 0 Å². The zero-order valence-corrected chi connectivity index (χ0v) is 8.67. The maximum atomic E-state index is 11.3. The zero-order chi connectivity index (χ0) is 8.55. The van der Waals surface area contributed by atoms with Gasteiger partial charge < -0.3 is 4.98 Å². The number of nitrogens with zero attached hydrogens (tertiary/aromatic N) is 1. The van der Waals surface area contributed by atoms with Gasteiger partial charge in [-0.05, 0) is 28.1 Å². The predicted molar refractivity (Wildman–Crippen MR) is 52.4 cm³/mol. The Bertz CT molecular complexity index is 363. The fourth-order valence-corrected chi connectivity index (χ4v) is 2.55. The molecule has 3 nitrogen and oxygen atoms in total. The molecule has 1 N–H and O–H groups in total. The summed E-state index contributed by atoms with van der Waals surface area (Å²) in [5.74, 6) is 1.89. The maximum absolute atomic E-state index is 11.3. The van der Waals surface area contributed by atoms with E-state index in [0.29, 0.717) is 4.73 Å². The highest BCUT2D eigenvalue weighted by Gasteiger charge is 2.14. The first-order valence-corrected chi connectivity index (χ1v) is 5.57. The second-order valence-corrected chi connectivity index (χ2v) is 4.44. The maximum Gasteiger partial charge on any atom is 0.255 e. The minimum absolute atomic E-state index is 0.00664. The lowest BCUT2D eigenvalue weighted by atomic mass is 10.2. The average Bonchev–Trinajstić information content (AvgIpc) is 2.04. The Balaban J connectivity index is 2.60. The first-order valence-electron chi connectivity index (χ1n) is 3.62. The van der Waals surface area contributed by atoms with Gasteiger partial charge >= 0.3 is 0 Å². The smallest absolute Gasteiger partial charge is 0.255 e. The van der Waals surface area contributed by atoms with Crippen LogP contribution in [0.2, 0.25) is 0 Å². The Morgan fingerprint density at radius 3 is 3.25 bits per heavy atom. The minimum Gasteiger partial charge on any atom is -0.301 e. The van der Waals surface area contributed by atoms with Gasteiger partial charge in [0.05, 0.1) is 5.69 Å². The second-order valence-electron chi connectivity index (χ2n) is 2.58. The Labute approximate surface area is 82.1 Å². The summed E-state index contributed by atoms with van der Waals surface area (Å²) in [6, 6.07) is 0. The van der Waals surface area contributed by atoms with Crippen LogP contribution in [-0.4, -0.2) is 15.7 Å². The molecule has 1 aromatic heterocycles. The molecule has 2 rings (SSSR count). The molecule has 0 radical (unpaired) electrons. The third kappa shape index (κ3) is 1.43. The number of aromatic nitrogens is 2. The topological polar surface area (TPSA) is 45.8 Å². The Kier molecular flexibility index (Phi) is 2.23. The molecule has 0 saturated heterocycles. The first kappa shape index (κ1) is 8.31. The van der Waals surface area contributed by atoms with E-state index in [2.05, 4.69) is 25.9 Å². The Hall–Kier alpha value is -0.290. The summed E-state index contributed by atoms with van der Waals surface area (Å²) >= 11 is 4.98. The molecule has 0 amide bonds. The van der Waals surface area contributed by atoms with Gasteiger partial charge in [0.2, 0.25) is 0 Å². The van der Waals surface area contributed by atoms with Gasteiger partial charge in [-0.3, -0.25) is 4.79 Å². The van der Waals surface area contributed by atoms with Crippen molar-refractivity contribution >= 4 is 27.7 Å². The van der Waals surface area contributed by atoms with Crippen LogP contribution in [0, 0.1) is 0 Å². The molecule has 0 spiro atoms. The number of halogens is 1. The van der Waals surface area contributed by atoms with Gasteiger partial charge in [-0.2, -0.15) is 11.8 Å². The van der Waals surface area contributed by atoms with E-state index in [1.807, 2.05) is 11.8 Å². The van der Waals surface area contributed by atoms with Crippen LogP contribution in [0.4, 0.5) is 0 Å². The average molecular weight is 247 g/mol. The van der Waals surface area contributed by atoms with E-state index in [1.165, 1.54) is 0 Å². The molecule has 1 aromatic rings. The number of H-pyrrole nitrogens is 1. The normalized spacial score (nSPS) is 15.8. The van der Waals surface area contributed by atoms with Crippen LogP contribution in [0.1, 0.15) is 11.3 Å². The van der Waals surface area contributed by atoms with Gasteiger partial charge in [-0.1, -0.05) is 0 Å². The van der Waals surface area contributed by atoms with E-state index in [0.717, 1.165) is 29.2 Å². The van der Waals surface area contributed by atoms with Crippen LogP contribution in [0.5, 0.6) is 0 Å². The summed E-state index contributed by atoms with van der Waals surface area (Å²) in [5.41, 5.74) is 1.80. The molecule has 1 aliphatic heterocycles. The Morgan fingerprint density at radius 2 is 2.42 bits per heavy atom. The quantitative estimate of drug-likeness (QED) is 0.703. The molecular weight excluding hydrogens is 240 g/mol. The summed E-state index contributed by atoms with van der Waals surface area (Å²) in [7, 11) is 0. The number of aromatic amines is 1. The first-order chi connectivity index (χ1) is 5.77. The number of nitrogens with one attached hydrogen (secondary N) is 1. The molecule has 0 saturated carbocycles. The fourth-order valence-electron chi connectivity index (χ4n) is 1.23. The van der Waals surface area contributed by atoms with Crippen LogP contribution >= 0.6 is 27.7 Å². The standard InChI is InChI=1S/C7H7BrN2OS/c8-7-9-5-3-12-2-1-4(5)6(11)10-7/h1-3H2,(H,9,10,11). The monoisotopic (exact) mass is 246 g/mol. The molecular formula is C7H7BrN2OS. The van der Waals surface area contributed by atoms with Crippen molar-refractivity contribution in [2.45, 2.75) is 12.2 Å². The largest absolute Gasteiger partial charge is 0.301 e. The summed E-state index contributed by atoms with van der Waals surface area (Å²) in [6.45, 7) is 0. The molecule has 0 aliphatic carbocycles.